The van der Waals surface area contributed by atoms with Crippen LogP contribution in [0.15, 0.2) is 63.8 Å². The predicted octanol–water partition coefficient (Wildman–Crippen LogP) is 8.04. The summed E-state index contributed by atoms with van der Waals surface area (Å²) in [6, 6.07) is 15.7. The highest BCUT2D eigenvalue weighted by atomic mass is 16.5. The molecule has 0 bridgehead atoms. The number of benzene rings is 3. The van der Waals surface area contributed by atoms with Crippen molar-refractivity contribution in [3.63, 3.8) is 0 Å². The standard InChI is InChI=1S/C37H44N4O6/c1-8-11-12-31(46-30-18-15-24(36(4,5)9-2)19-26(30)37(6,7)10-3)33(43)41-28-20-29(42)27(21-32(28)47-35(41)45)40(34(39)44)25-16-13-23(22-38)14-17-25/h13-21,31,42H,8-12H2,1-7H3,(H2,39,44). The van der Waals surface area contributed by atoms with Gasteiger partial charge in [-0.05, 0) is 72.4 Å². The molecule has 0 aliphatic rings. The van der Waals surface area contributed by atoms with Gasteiger partial charge in [-0.3, -0.25) is 9.69 Å². The molecule has 10 heteroatoms. The van der Waals surface area contributed by atoms with Crippen molar-refractivity contribution >= 4 is 34.4 Å². The molecule has 3 N–H and O–H groups in total. The highest BCUT2D eigenvalue weighted by Crippen LogP contribution is 2.40. The van der Waals surface area contributed by atoms with E-state index in [1.807, 2.05) is 25.1 Å². The molecule has 0 spiro atoms. The van der Waals surface area contributed by atoms with Gasteiger partial charge < -0.3 is 20.0 Å². The van der Waals surface area contributed by atoms with E-state index in [0.29, 0.717) is 24.2 Å². The smallest absolute Gasteiger partial charge is 0.427 e. The lowest BCUT2D eigenvalue weighted by atomic mass is 9.76. The Morgan fingerprint density at radius 3 is 2.26 bits per heavy atom. The molecular weight excluding hydrogens is 596 g/mol. The van der Waals surface area contributed by atoms with Crippen molar-refractivity contribution in [2.24, 2.45) is 5.73 Å². The highest BCUT2D eigenvalue weighted by Gasteiger charge is 2.32. The summed E-state index contributed by atoms with van der Waals surface area (Å²) in [5.41, 5.74) is 8.07. The number of hydrogen-bond donors (Lipinski definition) is 2. The van der Waals surface area contributed by atoms with Crippen molar-refractivity contribution in [2.75, 3.05) is 4.90 Å². The summed E-state index contributed by atoms with van der Waals surface area (Å²) in [6.45, 7) is 14.9. The van der Waals surface area contributed by atoms with Crippen LogP contribution in [0.3, 0.4) is 0 Å². The maximum Gasteiger partial charge on any atom is 0.427 e. The summed E-state index contributed by atoms with van der Waals surface area (Å²) >= 11 is 0. The molecule has 1 aromatic heterocycles. The Bertz CT molecular complexity index is 1880. The SMILES string of the molecule is CCCCC(Oc1ccc(C(C)(C)CC)cc1C(C)(C)CC)C(=O)n1c(=O)oc2cc(N(C(N)=O)c3ccc(C#N)cc3)c(O)cc21. The zero-order valence-corrected chi connectivity index (χ0v) is 28.2. The van der Waals surface area contributed by atoms with Gasteiger partial charge in [0, 0.05) is 17.7 Å². The van der Waals surface area contributed by atoms with E-state index in [1.165, 1.54) is 42.0 Å². The normalized spacial score (nSPS) is 12.5. The number of phenolic OH excluding ortho intramolecular Hbond substituents is 1. The second kappa shape index (κ2) is 13.8. The number of hydrogen-bond acceptors (Lipinski definition) is 7. The molecule has 4 rings (SSSR count). The largest absolute Gasteiger partial charge is 0.506 e. The maximum absolute atomic E-state index is 14.2. The fourth-order valence-corrected chi connectivity index (χ4v) is 5.40. The second-order valence-corrected chi connectivity index (χ2v) is 13.1. The van der Waals surface area contributed by atoms with Crippen molar-refractivity contribution in [1.29, 1.82) is 5.26 Å². The van der Waals surface area contributed by atoms with Crippen LogP contribution in [-0.4, -0.2) is 27.7 Å². The van der Waals surface area contributed by atoms with Gasteiger partial charge in [0.2, 0.25) is 0 Å². The van der Waals surface area contributed by atoms with Crippen LogP contribution in [0.4, 0.5) is 16.2 Å². The lowest BCUT2D eigenvalue weighted by molar-refractivity contribution is 0.0675. The number of ether oxygens (including phenoxy) is 1. The number of nitrogens with two attached hydrogens (primary N) is 1. The number of primary amides is 1. The number of oxazole rings is 1. The minimum Gasteiger partial charge on any atom is -0.506 e. The van der Waals surface area contributed by atoms with Crippen LogP contribution in [0, 0.1) is 11.3 Å². The van der Waals surface area contributed by atoms with E-state index in [0.717, 1.165) is 34.3 Å². The number of anilines is 2. The van der Waals surface area contributed by atoms with E-state index in [-0.39, 0.29) is 33.3 Å². The van der Waals surface area contributed by atoms with Gasteiger partial charge >= 0.3 is 11.8 Å². The van der Waals surface area contributed by atoms with Gasteiger partial charge in [-0.15, -0.1) is 0 Å². The number of unbranched alkanes of at least 4 members (excludes halogenated alkanes) is 1. The molecule has 3 aromatic carbocycles. The fraction of sp³-hybridized carbons (Fsp3) is 0.405. The molecule has 1 heterocycles. The van der Waals surface area contributed by atoms with Gasteiger partial charge in [0.15, 0.2) is 11.7 Å². The molecule has 248 valence electrons. The number of carbonyl (C=O) groups excluding carboxylic acids is 2. The van der Waals surface area contributed by atoms with Gasteiger partial charge in [-0.25, -0.2) is 14.2 Å². The van der Waals surface area contributed by atoms with E-state index >= 15 is 0 Å². The number of amides is 2. The molecule has 0 radical (unpaired) electrons. The Kier molecular flexibility index (Phi) is 10.2. The molecule has 2 amide bonds. The zero-order valence-electron chi connectivity index (χ0n) is 28.2. The third-order valence-electron chi connectivity index (χ3n) is 9.24. The van der Waals surface area contributed by atoms with Crippen molar-refractivity contribution in [3.8, 4) is 17.6 Å². The van der Waals surface area contributed by atoms with Crippen LogP contribution >= 0.6 is 0 Å². The molecule has 0 aliphatic heterocycles. The number of carbonyl (C=O) groups is 2. The molecule has 10 nitrogen and oxygen atoms in total. The first-order chi connectivity index (χ1) is 22.2. The van der Waals surface area contributed by atoms with Gasteiger partial charge in [0.05, 0.1) is 23.0 Å². The summed E-state index contributed by atoms with van der Waals surface area (Å²) in [6.07, 6.45) is 2.58. The average molecular weight is 641 g/mol. The first kappa shape index (κ1) is 34.8. The minimum absolute atomic E-state index is 0.0183. The molecule has 1 unspecified atom stereocenters. The molecular formula is C37H44N4O6. The van der Waals surface area contributed by atoms with Gasteiger partial charge in [-0.1, -0.05) is 67.0 Å². The second-order valence-electron chi connectivity index (χ2n) is 13.1. The van der Waals surface area contributed by atoms with Crippen LogP contribution in [0.5, 0.6) is 11.5 Å². The summed E-state index contributed by atoms with van der Waals surface area (Å²) in [5, 5.41) is 20.2. The zero-order chi connectivity index (χ0) is 34.7. The number of urea groups is 1. The summed E-state index contributed by atoms with van der Waals surface area (Å²) in [7, 11) is 0. The summed E-state index contributed by atoms with van der Waals surface area (Å²) < 4.78 is 12.9. The molecule has 47 heavy (non-hydrogen) atoms. The van der Waals surface area contributed by atoms with Gasteiger partial charge in [0.1, 0.15) is 17.0 Å². The van der Waals surface area contributed by atoms with E-state index in [9.17, 15) is 19.5 Å². The molecule has 0 aliphatic carbocycles. The Morgan fingerprint density at radius 2 is 1.68 bits per heavy atom. The highest BCUT2D eigenvalue weighted by molar-refractivity contribution is 6.02. The summed E-state index contributed by atoms with van der Waals surface area (Å²) in [5.74, 6) is -1.43. The number of fused-ring (bicyclic) bond motifs is 1. The Morgan fingerprint density at radius 1 is 1.02 bits per heavy atom. The van der Waals surface area contributed by atoms with E-state index in [4.69, 9.17) is 20.1 Å². The fourth-order valence-electron chi connectivity index (χ4n) is 5.40. The van der Waals surface area contributed by atoms with E-state index in [1.54, 1.807) is 0 Å². The predicted molar refractivity (Wildman–Crippen MR) is 183 cm³/mol. The lowest BCUT2D eigenvalue weighted by Crippen LogP contribution is -2.37. The number of rotatable bonds is 12. The lowest BCUT2D eigenvalue weighted by Gasteiger charge is -2.31. The number of aromatic nitrogens is 1. The maximum atomic E-state index is 14.2. The van der Waals surface area contributed by atoms with E-state index in [2.05, 4.69) is 47.6 Å². The third-order valence-corrected chi connectivity index (χ3v) is 9.24. The minimum atomic E-state index is -1.02. The number of nitriles is 1. The number of aromatic hydroxyl groups is 1. The first-order valence-corrected chi connectivity index (χ1v) is 16.0. The Hall–Kier alpha value is -5.04. The average Bonchev–Trinajstić information content (AvgIpc) is 3.36. The first-order valence-electron chi connectivity index (χ1n) is 16.0. The van der Waals surface area contributed by atoms with Gasteiger partial charge in [-0.2, -0.15) is 5.26 Å². The van der Waals surface area contributed by atoms with Crippen LogP contribution in [0.1, 0.15) is 102 Å². The van der Waals surface area contributed by atoms with Gasteiger partial charge in [0.25, 0.3) is 5.91 Å². The topological polar surface area (TPSA) is 152 Å². The van der Waals surface area contributed by atoms with Crippen LogP contribution < -0.4 is 21.1 Å². The Labute approximate surface area is 275 Å². The molecule has 1 atom stereocenters. The number of nitrogens with zero attached hydrogens (tertiary/aromatic N) is 3. The van der Waals surface area contributed by atoms with Crippen molar-refractivity contribution in [2.45, 2.75) is 97.5 Å². The molecule has 0 saturated carbocycles. The number of phenols is 1. The van der Waals surface area contributed by atoms with Crippen molar-refractivity contribution in [1.82, 2.24) is 4.57 Å². The monoisotopic (exact) mass is 640 g/mol. The van der Waals surface area contributed by atoms with Crippen LogP contribution in [0.25, 0.3) is 11.1 Å². The Balaban J connectivity index is 1.79. The quantitative estimate of drug-likeness (QED) is 0.159. The summed E-state index contributed by atoms with van der Waals surface area (Å²) in [4.78, 5) is 40.9. The molecule has 4 aromatic rings. The van der Waals surface area contributed by atoms with Crippen molar-refractivity contribution < 1.29 is 23.8 Å². The molecule has 0 saturated heterocycles. The van der Waals surface area contributed by atoms with Crippen LogP contribution in [-0.2, 0) is 10.8 Å². The van der Waals surface area contributed by atoms with Crippen LogP contribution in [0.2, 0.25) is 0 Å². The molecule has 0 fully saturated rings. The van der Waals surface area contributed by atoms with E-state index < -0.39 is 29.5 Å². The van der Waals surface area contributed by atoms with Crippen molar-refractivity contribution in [3.05, 3.63) is 81.8 Å². The third kappa shape index (κ3) is 7.04.